The van der Waals surface area contributed by atoms with Crippen LogP contribution in [0, 0.1) is 23.3 Å². The number of piperazine rings is 1. The largest absolute Gasteiger partial charge is 0.495 e. The van der Waals surface area contributed by atoms with Gasteiger partial charge in [0.25, 0.3) is 5.91 Å². The molecule has 3 rings (SSSR count). The van der Waals surface area contributed by atoms with E-state index >= 15 is 0 Å². The van der Waals surface area contributed by atoms with Gasteiger partial charge in [0.05, 0.1) is 12.1 Å². The molecule has 1 fully saturated rings. The van der Waals surface area contributed by atoms with Crippen LogP contribution in [0.5, 0.6) is 5.75 Å². The molecule has 0 unspecified atom stereocenters. The first kappa shape index (κ1) is 20.5. The van der Waals surface area contributed by atoms with Crippen LogP contribution >= 0.6 is 23.2 Å². The Balaban J connectivity index is 1.77. The number of amides is 1. The van der Waals surface area contributed by atoms with E-state index in [9.17, 15) is 22.4 Å². The van der Waals surface area contributed by atoms with Gasteiger partial charge in [-0.15, -0.1) is 0 Å². The molecule has 1 aliphatic heterocycles. The van der Waals surface area contributed by atoms with E-state index in [2.05, 4.69) is 0 Å². The number of carbonyl (C=O) groups is 1. The van der Waals surface area contributed by atoms with E-state index in [1.54, 1.807) is 12.1 Å². The standard InChI is InChI=1S/C18H14Cl2F4N2O2/c1-28-11-3-2-9(8-10(11)19)18(27)26-6-4-25(5-7-26)17-15(23)13(21)12(20)14(22)16(17)24/h2-3,8H,4-7H2,1H3. The van der Waals surface area contributed by atoms with Gasteiger partial charge in [-0.05, 0) is 18.2 Å². The van der Waals surface area contributed by atoms with Crippen LogP contribution < -0.4 is 9.64 Å². The number of rotatable bonds is 3. The highest BCUT2D eigenvalue weighted by atomic mass is 35.5. The highest BCUT2D eigenvalue weighted by molar-refractivity contribution is 6.32. The van der Waals surface area contributed by atoms with Gasteiger partial charge in [-0.3, -0.25) is 4.79 Å². The molecule has 0 aromatic heterocycles. The average Bonchev–Trinajstić information content (AvgIpc) is 2.71. The van der Waals surface area contributed by atoms with Crippen LogP contribution in [0.1, 0.15) is 10.4 Å². The van der Waals surface area contributed by atoms with Crippen molar-refractivity contribution in [2.75, 3.05) is 38.2 Å². The molecular weight excluding hydrogens is 423 g/mol. The summed E-state index contributed by atoms with van der Waals surface area (Å²) in [4.78, 5) is 15.2. The van der Waals surface area contributed by atoms with Crippen LogP contribution in [-0.4, -0.2) is 44.1 Å². The second kappa shape index (κ2) is 8.05. The molecule has 0 radical (unpaired) electrons. The van der Waals surface area contributed by atoms with Gasteiger partial charge in [0.15, 0.2) is 23.3 Å². The van der Waals surface area contributed by atoms with Crippen molar-refractivity contribution < 1.29 is 27.1 Å². The van der Waals surface area contributed by atoms with Crippen LogP contribution in [0.25, 0.3) is 0 Å². The zero-order valence-corrected chi connectivity index (χ0v) is 16.1. The highest BCUT2D eigenvalue weighted by Crippen LogP contribution is 2.34. The van der Waals surface area contributed by atoms with Gasteiger partial charge >= 0.3 is 0 Å². The lowest BCUT2D eigenvalue weighted by Gasteiger charge is -2.36. The lowest BCUT2D eigenvalue weighted by Crippen LogP contribution is -2.49. The van der Waals surface area contributed by atoms with Gasteiger partial charge < -0.3 is 14.5 Å². The van der Waals surface area contributed by atoms with Crippen LogP contribution in [-0.2, 0) is 0 Å². The molecule has 2 aromatic carbocycles. The summed E-state index contributed by atoms with van der Waals surface area (Å²) in [6.45, 7) is 0.133. The summed E-state index contributed by atoms with van der Waals surface area (Å²) in [7, 11) is 1.45. The number of anilines is 1. The fraction of sp³-hybridized carbons (Fsp3) is 0.278. The van der Waals surface area contributed by atoms with Crippen molar-refractivity contribution in [3.63, 3.8) is 0 Å². The Bertz CT molecular complexity index is 905. The summed E-state index contributed by atoms with van der Waals surface area (Å²) < 4.78 is 60.6. The Hall–Kier alpha value is -2.19. The zero-order chi connectivity index (χ0) is 20.6. The number of methoxy groups -OCH3 is 1. The predicted molar refractivity (Wildman–Crippen MR) is 97.4 cm³/mol. The van der Waals surface area contributed by atoms with Gasteiger partial charge in [-0.2, -0.15) is 0 Å². The molecular formula is C18H14Cl2F4N2O2. The average molecular weight is 437 g/mol. The molecule has 0 spiro atoms. The SMILES string of the molecule is COc1ccc(C(=O)N2CCN(c3c(F)c(F)c(Cl)c(F)c3F)CC2)cc1Cl. The predicted octanol–water partition coefficient (Wildman–Crippen LogP) is 4.52. The van der Waals surface area contributed by atoms with Gasteiger partial charge in [-0.1, -0.05) is 23.2 Å². The summed E-state index contributed by atoms with van der Waals surface area (Å²) >= 11 is 11.3. The van der Waals surface area contributed by atoms with E-state index < -0.39 is 34.0 Å². The van der Waals surface area contributed by atoms with Crippen molar-refractivity contribution in [1.29, 1.82) is 0 Å². The Morgan fingerprint density at radius 1 is 0.964 bits per heavy atom. The molecule has 1 amide bonds. The minimum Gasteiger partial charge on any atom is -0.495 e. The van der Waals surface area contributed by atoms with Crippen molar-refractivity contribution in [3.05, 3.63) is 57.1 Å². The Morgan fingerprint density at radius 3 is 2.04 bits per heavy atom. The van der Waals surface area contributed by atoms with E-state index in [-0.39, 0.29) is 37.1 Å². The maximum Gasteiger partial charge on any atom is 0.254 e. The lowest BCUT2D eigenvalue weighted by molar-refractivity contribution is 0.0746. The minimum atomic E-state index is -1.65. The van der Waals surface area contributed by atoms with Crippen molar-refractivity contribution in [2.45, 2.75) is 0 Å². The normalized spacial score (nSPS) is 14.4. The number of hydrogen-bond donors (Lipinski definition) is 0. The first-order chi connectivity index (χ1) is 13.3. The molecule has 10 heteroatoms. The Morgan fingerprint density at radius 2 is 1.54 bits per heavy atom. The van der Waals surface area contributed by atoms with Gasteiger partial charge in [0, 0.05) is 31.7 Å². The fourth-order valence-electron chi connectivity index (χ4n) is 2.99. The third-order valence-corrected chi connectivity index (χ3v) is 5.10. The maximum absolute atomic E-state index is 14.1. The Kier molecular flexibility index (Phi) is 5.90. The van der Waals surface area contributed by atoms with Gasteiger partial charge in [0.1, 0.15) is 16.5 Å². The Labute approximate surface area is 168 Å². The maximum atomic E-state index is 14.1. The summed E-state index contributed by atoms with van der Waals surface area (Å²) in [5.74, 6) is -6.35. The van der Waals surface area contributed by atoms with Crippen LogP contribution in [0.2, 0.25) is 10.0 Å². The second-order valence-electron chi connectivity index (χ2n) is 6.05. The molecule has 0 bridgehead atoms. The monoisotopic (exact) mass is 436 g/mol. The molecule has 0 N–H and O–H groups in total. The summed E-state index contributed by atoms with van der Waals surface area (Å²) in [5, 5.41) is -0.966. The molecule has 0 aliphatic carbocycles. The third kappa shape index (κ3) is 3.58. The van der Waals surface area contributed by atoms with Crippen molar-refractivity contribution in [1.82, 2.24) is 4.90 Å². The number of carbonyl (C=O) groups excluding carboxylic acids is 1. The highest BCUT2D eigenvalue weighted by Gasteiger charge is 2.31. The first-order valence-electron chi connectivity index (χ1n) is 8.15. The van der Waals surface area contributed by atoms with Crippen molar-refractivity contribution in [3.8, 4) is 5.75 Å². The topological polar surface area (TPSA) is 32.8 Å². The zero-order valence-electron chi connectivity index (χ0n) is 14.5. The minimum absolute atomic E-state index is 0.0238. The quantitative estimate of drug-likeness (QED) is 0.402. The number of ether oxygens (including phenoxy) is 1. The number of benzene rings is 2. The van der Waals surface area contributed by atoms with E-state index in [0.29, 0.717) is 11.3 Å². The van der Waals surface area contributed by atoms with Crippen LogP contribution in [0.4, 0.5) is 23.2 Å². The van der Waals surface area contributed by atoms with E-state index in [4.69, 9.17) is 27.9 Å². The fourth-order valence-corrected chi connectivity index (χ4v) is 3.41. The molecule has 1 saturated heterocycles. The molecule has 4 nitrogen and oxygen atoms in total. The summed E-state index contributed by atoms with van der Waals surface area (Å²) in [5.41, 5.74) is -0.515. The number of halogens is 6. The first-order valence-corrected chi connectivity index (χ1v) is 8.91. The summed E-state index contributed by atoms with van der Waals surface area (Å²) in [6.07, 6.45) is 0. The second-order valence-corrected chi connectivity index (χ2v) is 6.83. The van der Waals surface area contributed by atoms with Crippen molar-refractivity contribution >= 4 is 34.8 Å². The number of hydrogen-bond acceptors (Lipinski definition) is 3. The lowest BCUT2D eigenvalue weighted by atomic mass is 10.1. The third-order valence-electron chi connectivity index (χ3n) is 4.47. The van der Waals surface area contributed by atoms with Crippen LogP contribution in [0.3, 0.4) is 0 Å². The molecule has 0 atom stereocenters. The van der Waals surface area contributed by atoms with Gasteiger partial charge in [0.2, 0.25) is 0 Å². The van der Waals surface area contributed by atoms with Crippen molar-refractivity contribution in [2.24, 2.45) is 0 Å². The smallest absolute Gasteiger partial charge is 0.254 e. The van der Waals surface area contributed by atoms with Gasteiger partial charge in [-0.25, -0.2) is 17.6 Å². The molecule has 150 valence electrons. The molecule has 2 aromatic rings. The summed E-state index contributed by atoms with van der Waals surface area (Å²) in [6, 6.07) is 4.55. The molecule has 1 aliphatic rings. The molecule has 1 heterocycles. The molecule has 0 saturated carbocycles. The molecule has 28 heavy (non-hydrogen) atoms. The van der Waals surface area contributed by atoms with E-state index in [1.807, 2.05) is 0 Å². The van der Waals surface area contributed by atoms with E-state index in [0.717, 1.165) is 4.90 Å². The van der Waals surface area contributed by atoms with Crippen LogP contribution in [0.15, 0.2) is 18.2 Å². The van der Waals surface area contributed by atoms with E-state index in [1.165, 1.54) is 18.1 Å². The number of nitrogens with zero attached hydrogens (tertiary/aromatic N) is 2.